The van der Waals surface area contributed by atoms with E-state index in [9.17, 15) is 0 Å². The third-order valence-electron chi connectivity index (χ3n) is 3.76. The van der Waals surface area contributed by atoms with Crippen LogP contribution < -0.4 is 5.32 Å². The van der Waals surface area contributed by atoms with Gasteiger partial charge in [-0.1, -0.05) is 26.2 Å². The fraction of sp³-hybridized carbons (Fsp3) is 0.667. The van der Waals surface area contributed by atoms with Crippen LogP contribution in [0.1, 0.15) is 39.0 Å². The molecule has 2 aromatic rings. The van der Waals surface area contributed by atoms with Crippen LogP contribution in [0.2, 0.25) is 0 Å². The van der Waals surface area contributed by atoms with Crippen LogP contribution in [0.25, 0.3) is 5.65 Å². The molecular formula is C12H18N6. The smallest absolute Gasteiger partial charge is 0.200 e. The molecule has 0 saturated heterocycles. The predicted octanol–water partition coefficient (Wildman–Crippen LogP) is 1.90. The SMILES string of the molecule is CC1CCCCCC1Nc1ccc2nnnn2n1. The highest BCUT2D eigenvalue weighted by atomic mass is 15.6. The molecule has 1 aliphatic carbocycles. The summed E-state index contributed by atoms with van der Waals surface area (Å²) in [4.78, 5) is 0. The first-order valence-corrected chi connectivity index (χ1v) is 6.65. The maximum absolute atomic E-state index is 4.36. The van der Waals surface area contributed by atoms with Gasteiger partial charge in [-0.05, 0) is 41.3 Å². The summed E-state index contributed by atoms with van der Waals surface area (Å²) >= 11 is 0. The van der Waals surface area contributed by atoms with Crippen molar-refractivity contribution in [2.45, 2.75) is 45.1 Å². The van der Waals surface area contributed by atoms with Crippen LogP contribution in [0.5, 0.6) is 0 Å². The summed E-state index contributed by atoms with van der Waals surface area (Å²) in [7, 11) is 0. The predicted molar refractivity (Wildman–Crippen MR) is 68.2 cm³/mol. The molecule has 2 atom stereocenters. The van der Waals surface area contributed by atoms with Crippen molar-refractivity contribution in [1.82, 2.24) is 25.3 Å². The molecule has 2 aromatic heterocycles. The van der Waals surface area contributed by atoms with Gasteiger partial charge in [-0.2, -0.15) is 0 Å². The topological polar surface area (TPSA) is 68.0 Å². The van der Waals surface area contributed by atoms with Crippen molar-refractivity contribution in [3.8, 4) is 0 Å². The summed E-state index contributed by atoms with van der Waals surface area (Å²) in [6.45, 7) is 2.32. The zero-order valence-corrected chi connectivity index (χ0v) is 10.6. The molecule has 1 N–H and O–H groups in total. The Balaban J connectivity index is 1.77. The van der Waals surface area contributed by atoms with Crippen molar-refractivity contribution in [1.29, 1.82) is 0 Å². The van der Waals surface area contributed by atoms with Crippen molar-refractivity contribution < 1.29 is 0 Å². The molecule has 1 aliphatic rings. The van der Waals surface area contributed by atoms with E-state index in [-0.39, 0.29) is 0 Å². The van der Waals surface area contributed by atoms with Gasteiger partial charge >= 0.3 is 0 Å². The number of aromatic nitrogens is 5. The molecule has 2 unspecified atom stereocenters. The Morgan fingerprint density at radius 2 is 2.11 bits per heavy atom. The van der Waals surface area contributed by atoms with Crippen molar-refractivity contribution >= 4 is 11.5 Å². The number of nitrogens with zero attached hydrogens (tertiary/aromatic N) is 5. The van der Waals surface area contributed by atoms with Gasteiger partial charge in [-0.15, -0.1) is 14.8 Å². The van der Waals surface area contributed by atoms with Crippen LogP contribution in [0.4, 0.5) is 5.82 Å². The third-order valence-corrected chi connectivity index (χ3v) is 3.76. The van der Waals surface area contributed by atoms with Gasteiger partial charge in [0, 0.05) is 6.04 Å². The maximum atomic E-state index is 4.36. The lowest BCUT2D eigenvalue weighted by Gasteiger charge is -2.23. The minimum atomic E-state index is 0.508. The van der Waals surface area contributed by atoms with Crippen molar-refractivity contribution in [2.24, 2.45) is 5.92 Å². The van der Waals surface area contributed by atoms with Crippen LogP contribution in [-0.4, -0.2) is 31.3 Å². The van der Waals surface area contributed by atoms with Gasteiger partial charge < -0.3 is 5.32 Å². The second-order valence-electron chi connectivity index (χ2n) is 5.11. The highest BCUT2D eigenvalue weighted by Gasteiger charge is 2.20. The molecule has 0 spiro atoms. The van der Waals surface area contributed by atoms with Crippen LogP contribution in [0, 0.1) is 5.92 Å². The fourth-order valence-electron chi connectivity index (χ4n) is 2.62. The molecule has 0 bridgehead atoms. The average Bonchev–Trinajstić information content (AvgIpc) is 2.75. The molecule has 0 aromatic carbocycles. The number of fused-ring (bicyclic) bond motifs is 1. The maximum Gasteiger partial charge on any atom is 0.200 e. The molecule has 1 fully saturated rings. The summed E-state index contributed by atoms with van der Waals surface area (Å²) in [6.07, 6.45) is 6.51. The summed E-state index contributed by atoms with van der Waals surface area (Å²) in [5.41, 5.74) is 0.675. The second-order valence-corrected chi connectivity index (χ2v) is 5.11. The molecule has 6 heteroatoms. The number of anilines is 1. The normalized spacial score (nSPS) is 24.9. The van der Waals surface area contributed by atoms with E-state index in [1.807, 2.05) is 12.1 Å². The largest absolute Gasteiger partial charge is 0.366 e. The van der Waals surface area contributed by atoms with Crippen LogP contribution in [0.15, 0.2) is 12.1 Å². The van der Waals surface area contributed by atoms with Gasteiger partial charge in [-0.3, -0.25) is 0 Å². The minimum Gasteiger partial charge on any atom is -0.366 e. The quantitative estimate of drug-likeness (QED) is 0.820. The summed E-state index contributed by atoms with van der Waals surface area (Å²) in [5.74, 6) is 1.55. The van der Waals surface area contributed by atoms with Crippen LogP contribution in [0.3, 0.4) is 0 Å². The Morgan fingerprint density at radius 1 is 1.22 bits per heavy atom. The Kier molecular flexibility index (Phi) is 3.08. The number of hydrogen-bond acceptors (Lipinski definition) is 5. The van der Waals surface area contributed by atoms with Gasteiger partial charge in [0.1, 0.15) is 5.82 Å². The van der Waals surface area contributed by atoms with E-state index in [0.717, 1.165) is 5.82 Å². The highest BCUT2D eigenvalue weighted by Crippen LogP contribution is 2.25. The van der Waals surface area contributed by atoms with Gasteiger partial charge in [0.15, 0.2) is 5.65 Å². The van der Waals surface area contributed by atoms with E-state index >= 15 is 0 Å². The third kappa shape index (κ3) is 2.27. The average molecular weight is 246 g/mol. The first-order chi connectivity index (χ1) is 8.83. The van der Waals surface area contributed by atoms with Crippen LogP contribution in [-0.2, 0) is 0 Å². The number of nitrogens with one attached hydrogen (secondary N) is 1. The highest BCUT2D eigenvalue weighted by molar-refractivity contribution is 5.42. The number of tetrazole rings is 1. The standard InChI is InChI=1S/C12H18N6/c1-9-5-3-2-4-6-10(9)13-11-7-8-12-14-16-17-18(12)15-11/h7-10H,2-6H2,1H3,(H,13,15). The lowest BCUT2D eigenvalue weighted by molar-refractivity contribution is 0.455. The molecule has 1 saturated carbocycles. The minimum absolute atomic E-state index is 0.508. The Morgan fingerprint density at radius 3 is 3.06 bits per heavy atom. The molecule has 0 aliphatic heterocycles. The number of rotatable bonds is 2. The molecule has 2 heterocycles. The molecule has 18 heavy (non-hydrogen) atoms. The van der Waals surface area contributed by atoms with Gasteiger partial charge in [0.25, 0.3) is 0 Å². The van der Waals surface area contributed by atoms with Gasteiger partial charge in [0.05, 0.1) is 0 Å². The Hall–Kier alpha value is -1.72. The number of hydrogen-bond donors (Lipinski definition) is 1. The first-order valence-electron chi connectivity index (χ1n) is 6.65. The van der Waals surface area contributed by atoms with E-state index in [2.05, 4.69) is 32.9 Å². The molecule has 0 amide bonds. The van der Waals surface area contributed by atoms with E-state index < -0.39 is 0 Å². The van der Waals surface area contributed by atoms with Crippen molar-refractivity contribution in [3.05, 3.63) is 12.1 Å². The van der Waals surface area contributed by atoms with Gasteiger partial charge in [0.2, 0.25) is 0 Å². The molecule has 0 radical (unpaired) electrons. The van der Waals surface area contributed by atoms with Crippen molar-refractivity contribution in [2.75, 3.05) is 5.32 Å². The second kappa shape index (κ2) is 4.88. The Labute approximate surface area is 106 Å². The van der Waals surface area contributed by atoms with E-state index in [0.29, 0.717) is 17.6 Å². The zero-order valence-electron chi connectivity index (χ0n) is 10.6. The summed E-state index contributed by atoms with van der Waals surface area (Å²) in [5, 5.41) is 19.1. The Bertz CT molecular complexity index is 522. The lowest BCUT2D eigenvalue weighted by atomic mass is 9.97. The van der Waals surface area contributed by atoms with Crippen LogP contribution >= 0.6 is 0 Å². The van der Waals surface area contributed by atoms with E-state index in [1.54, 1.807) is 0 Å². The molecule has 96 valence electrons. The lowest BCUT2D eigenvalue weighted by Crippen LogP contribution is -2.27. The fourth-order valence-corrected chi connectivity index (χ4v) is 2.62. The summed E-state index contributed by atoms with van der Waals surface area (Å²) < 4.78 is 1.46. The monoisotopic (exact) mass is 246 g/mol. The zero-order chi connectivity index (χ0) is 12.4. The molecule has 6 nitrogen and oxygen atoms in total. The van der Waals surface area contributed by atoms with E-state index in [1.165, 1.54) is 36.7 Å². The van der Waals surface area contributed by atoms with Gasteiger partial charge in [-0.25, -0.2) is 0 Å². The first kappa shape index (κ1) is 11.4. The summed E-state index contributed by atoms with van der Waals surface area (Å²) in [6, 6.07) is 4.34. The molecular weight excluding hydrogens is 228 g/mol. The van der Waals surface area contributed by atoms with E-state index in [4.69, 9.17) is 0 Å². The van der Waals surface area contributed by atoms with Crippen molar-refractivity contribution in [3.63, 3.8) is 0 Å². The molecule has 3 rings (SSSR count).